The molecule has 2 aromatic heterocycles. The van der Waals surface area contributed by atoms with E-state index in [1.807, 2.05) is 23.7 Å². The van der Waals surface area contributed by atoms with Crippen molar-refractivity contribution >= 4 is 23.6 Å². The van der Waals surface area contributed by atoms with Gasteiger partial charge in [0.1, 0.15) is 6.33 Å². The van der Waals surface area contributed by atoms with Crippen LogP contribution in [0.4, 0.5) is 0 Å². The monoisotopic (exact) mass is 443 g/mol. The van der Waals surface area contributed by atoms with Gasteiger partial charge in [-0.3, -0.25) is 25.2 Å². The highest BCUT2D eigenvalue weighted by molar-refractivity contribution is 7.98. The first-order valence-electron chi connectivity index (χ1n) is 9.21. The molecule has 12 heteroatoms. The second kappa shape index (κ2) is 10.5. The molecule has 3 aromatic rings. The molecule has 2 heterocycles. The Morgan fingerprint density at radius 3 is 2.52 bits per heavy atom. The molecule has 0 aliphatic carbocycles. The highest BCUT2D eigenvalue weighted by atomic mass is 32.2. The third-order valence-electron chi connectivity index (χ3n) is 4.15. The van der Waals surface area contributed by atoms with E-state index < -0.39 is 11.8 Å². The predicted octanol–water partition coefficient (Wildman–Crippen LogP) is 0.385. The van der Waals surface area contributed by atoms with E-state index in [1.54, 1.807) is 18.5 Å². The van der Waals surface area contributed by atoms with Crippen LogP contribution < -0.4 is 16.4 Å². The van der Waals surface area contributed by atoms with E-state index in [9.17, 15) is 14.4 Å². The van der Waals surface area contributed by atoms with Crippen LogP contribution in [-0.2, 0) is 24.1 Å². The Bertz CT molecular complexity index is 1110. The zero-order valence-corrected chi connectivity index (χ0v) is 17.8. The van der Waals surface area contributed by atoms with Gasteiger partial charge < -0.3 is 9.30 Å². The minimum absolute atomic E-state index is 0.00727. The topological polar surface area (TPSA) is 133 Å². The fraction of sp³-hybridized carbons (Fsp3) is 0.263. The summed E-state index contributed by atoms with van der Waals surface area (Å²) in [6.45, 7) is 0.492. The average Bonchev–Trinajstić information content (AvgIpc) is 3.20. The number of hydrazine groups is 1. The molecule has 0 saturated carbocycles. The van der Waals surface area contributed by atoms with Crippen LogP contribution in [0, 0.1) is 0 Å². The van der Waals surface area contributed by atoms with Gasteiger partial charge in [0.2, 0.25) is 0 Å². The molecule has 0 radical (unpaired) electrons. The number of amides is 2. The van der Waals surface area contributed by atoms with Crippen LogP contribution in [0.5, 0.6) is 0 Å². The number of nitrogens with zero attached hydrogens (tertiary/aromatic N) is 5. The number of aryl methyl sites for hydroxylation is 1. The Balaban J connectivity index is 1.53. The smallest absolute Gasteiger partial charge is 0.290 e. The number of rotatable bonds is 8. The third kappa shape index (κ3) is 5.99. The zero-order chi connectivity index (χ0) is 22.2. The molecule has 0 aliphatic heterocycles. The summed E-state index contributed by atoms with van der Waals surface area (Å²) in [7, 11) is 3.37. The van der Waals surface area contributed by atoms with E-state index >= 15 is 0 Å². The molecule has 0 fully saturated rings. The number of aromatic nitrogens is 5. The minimum Gasteiger partial charge on any atom is -0.383 e. The number of carbonyl (C=O) groups excluding carboxylic acids is 2. The van der Waals surface area contributed by atoms with Crippen LogP contribution >= 0.6 is 11.8 Å². The second-order valence-corrected chi connectivity index (χ2v) is 7.33. The molecule has 0 aliphatic rings. The Labute approximate surface area is 181 Å². The first kappa shape index (κ1) is 22.2. The second-order valence-electron chi connectivity index (χ2n) is 6.39. The number of thioether (sulfide) groups is 1. The van der Waals surface area contributed by atoms with Gasteiger partial charge in [-0.2, -0.15) is 5.10 Å². The van der Waals surface area contributed by atoms with E-state index in [-0.39, 0.29) is 24.4 Å². The summed E-state index contributed by atoms with van der Waals surface area (Å²) >= 11 is 1.53. The van der Waals surface area contributed by atoms with Crippen LogP contribution in [0.15, 0.2) is 52.7 Å². The molecule has 0 saturated heterocycles. The Hall–Kier alpha value is -3.51. The van der Waals surface area contributed by atoms with Crippen LogP contribution in [0.1, 0.15) is 26.4 Å². The molecular formula is C19H21N7O4S. The van der Waals surface area contributed by atoms with Crippen molar-refractivity contribution in [1.29, 1.82) is 0 Å². The maximum absolute atomic E-state index is 12.3. The van der Waals surface area contributed by atoms with Crippen molar-refractivity contribution in [2.45, 2.75) is 17.5 Å². The molecule has 0 unspecified atom stereocenters. The van der Waals surface area contributed by atoms with Crippen molar-refractivity contribution in [3.8, 4) is 0 Å². The highest BCUT2D eigenvalue weighted by Crippen LogP contribution is 2.20. The quantitative estimate of drug-likeness (QED) is 0.377. The number of methoxy groups -OCH3 is 1. The fourth-order valence-corrected chi connectivity index (χ4v) is 3.31. The summed E-state index contributed by atoms with van der Waals surface area (Å²) in [5.74, 6) is -0.444. The summed E-state index contributed by atoms with van der Waals surface area (Å²) in [5, 5.41) is 12.6. The van der Waals surface area contributed by atoms with Crippen molar-refractivity contribution < 1.29 is 14.3 Å². The number of benzene rings is 1. The van der Waals surface area contributed by atoms with Crippen molar-refractivity contribution in [3.05, 3.63) is 69.9 Å². The Morgan fingerprint density at radius 2 is 1.84 bits per heavy atom. The largest absolute Gasteiger partial charge is 0.383 e. The molecule has 1 aromatic carbocycles. The lowest BCUT2D eigenvalue weighted by Crippen LogP contribution is -2.42. The molecule has 31 heavy (non-hydrogen) atoms. The van der Waals surface area contributed by atoms with E-state index in [2.05, 4.69) is 26.1 Å². The molecule has 162 valence electrons. The van der Waals surface area contributed by atoms with Gasteiger partial charge in [0, 0.05) is 31.5 Å². The molecule has 0 bridgehead atoms. The summed E-state index contributed by atoms with van der Waals surface area (Å²) < 4.78 is 7.86. The average molecular weight is 443 g/mol. The summed E-state index contributed by atoms with van der Waals surface area (Å²) in [6.07, 6.45) is 1.63. The van der Waals surface area contributed by atoms with Gasteiger partial charge in [0.25, 0.3) is 17.4 Å². The maximum Gasteiger partial charge on any atom is 0.290 e. The number of hydrogen-bond donors (Lipinski definition) is 2. The van der Waals surface area contributed by atoms with Gasteiger partial charge in [-0.05, 0) is 23.8 Å². The van der Waals surface area contributed by atoms with Crippen molar-refractivity contribution in [3.63, 3.8) is 0 Å². The Morgan fingerprint density at radius 1 is 1.10 bits per heavy atom. The summed E-state index contributed by atoms with van der Waals surface area (Å²) in [5.41, 5.74) is 5.66. The van der Waals surface area contributed by atoms with Crippen LogP contribution in [0.25, 0.3) is 0 Å². The number of nitrogens with one attached hydrogen (secondary N) is 2. The predicted molar refractivity (Wildman–Crippen MR) is 112 cm³/mol. The van der Waals surface area contributed by atoms with Crippen LogP contribution in [-0.4, -0.2) is 50.1 Å². The van der Waals surface area contributed by atoms with Gasteiger partial charge in [-0.1, -0.05) is 23.9 Å². The van der Waals surface area contributed by atoms with E-state index in [0.29, 0.717) is 11.3 Å². The van der Waals surface area contributed by atoms with Crippen LogP contribution in [0.2, 0.25) is 0 Å². The lowest BCUT2D eigenvalue weighted by Gasteiger charge is -2.09. The SMILES string of the molecule is COCCn1nc(C(=O)NNC(=O)c2ccc(CSc3nncn3C)cc2)ccc1=O. The molecule has 0 spiro atoms. The lowest BCUT2D eigenvalue weighted by atomic mass is 10.1. The van der Waals surface area contributed by atoms with Crippen LogP contribution in [0.3, 0.4) is 0 Å². The number of hydrogen-bond acceptors (Lipinski definition) is 8. The maximum atomic E-state index is 12.3. The lowest BCUT2D eigenvalue weighted by molar-refractivity contribution is 0.0842. The minimum atomic E-state index is -0.642. The first-order chi connectivity index (χ1) is 15.0. The van der Waals surface area contributed by atoms with Crippen molar-refractivity contribution in [2.75, 3.05) is 13.7 Å². The molecular weight excluding hydrogens is 422 g/mol. The molecule has 2 N–H and O–H groups in total. The third-order valence-corrected chi connectivity index (χ3v) is 5.26. The Kier molecular flexibility index (Phi) is 7.51. The first-order valence-corrected chi connectivity index (χ1v) is 10.2. The van der Waals surface area contributed by atoms with Crippen molar-refractivity contribution in [1.82, 2.24) is 35.4 Å². The zero-order valence-electron chi connectivity index (χ0n) is 16.9. The van der Waals surface area contributed by atoms with Gasteiger partial charge >= 0.3 is 0 Å². The number of carbonyl (C=O) groups is 2. The highest BCUT2D eigenvalue weighted by Gasteiger charge is 2.12. The van der Waals surface area contributed by atoms with E-state index in [0.717, 1.165) is 15.4 Å². The van der Waals surface area contributed by atoms with Gasteiger partial charge in [-0.25, -0.2) is 4.68 Å². The molecule has 3 rings (SSSR count). The van der Waals surface area contributed by atoms with Gasteiger partial charge in [0.05, 0.1) is 13.2 Å². The van der Waals surface area contributed by atoms with Crippen molar-refractivity contribution in [2.24, 2.45) is 7.05 Å². The van der Waals surface area contributed by atoms with E-state index in [1.165, 1.54) is 31.0 Å². The van der Waals surface area contributed by atoms with Gasteiger partial charge in [-0.15, -0.1) is 10.2 Å². The molecule has 0 atom stereocenters. The van der Waals surface area contributed by atoms with E-state index in [4.69, 9.17) is 4.74 Å². The molecule has 2 amide bonds. The summed E-state index contributed by atoms with van der Waals surface area (Å²) in [6, 6.07) is 9.50. The molecule has 11 nitrogen and oxygen atoms in total. The normalized spacial score (nSPS) is 10.6. The number of ether oxygens (including phenoxy) is 1. The van der Waals surface area contributed by atoms with Gasteiger partial charge in [0.15, 0.2) is 10.9 Å². The summed E-state index contributed by atoms with van der Waals surface area (Å²) in [4.78, 5) is 36.3. The standard InChI is InChI=1S/C19H21N7O4S/c1-25-12-20-23-19(25)31-11-13-3-5-14(6-4-13)17(28)21-22-18(29)15-7-8-16(27)26(24-15)9-10-30-2/h3-8,12H,9-11H2,1-2H3,(H,21,28)(H,22,29). The fourth-order valence-electron chi connectivity index (χ4n) is 2.46.